The van der Waals surface area contributed by atoms with Crippen molar-refractivity contribution < 1.29 is 35.2 Å². The molecule has 11 heteroatoms. The smallest absolute Gasteiger partial charge is 0.497 e. The Bertz CT molecular complexity index is 1400. The maximum absolute atomic E-state index is 12.5. The number of hydrogen-bond acceptors (Lipinski definition) is 6. The van der Waals surface area contributed by atoms with Crippen LogP contribution in [0, 0.1) is 0 Å². The summed E-state index contributed by atoms with van der Waals surface area (Å²) in [5.41, 5.74) is -4.67. The number of benzene rings is 3. The molecule has 0 fully saturated rings. The lowest BCUT2D eigenvalue weighted by molar-refractivity contribution is -0.0500. The van der Waals surface area contributed by atoms with Crippen LogP contribution in [0.3, 0.4) is 0 Å². The van der Waals surface area contributed by atoms with E-state index in [1.54, 1.807) is 25.3 Å². The van der Waals surface area contributed by atoms with Crippen molar-refractivity contribution in [1.29, 1.82) is 0 Å². The molecule has 0 aliphatic heterocycles. The largest absolute Gasteiger partial charge is 0.534 e. The summed E-state index contributed by atoms with van der Waals surface area (Å²) < 4.78 is 76.4. The van der Waals surface area contributed by atoms with E-state index in [4.69, 9.17) is 21.1 Å². The van der Waals surface area contributed by atoms with Crippen molar-refractivity contribution in [1.82, 2.24) is 0 Å². The Balaban J connectivity index is 1.70. The van der Waals surface area contributed by atoms with E-state index in [0.29, 0.717) is 16.5 Å². The van der Waals surface area contributed by atoms with E-state index >= 15 is 0 Å². The van der Waals surface area contributed by atoms with Gasteiger partial charge in [-0.2, -0.15) is 21.6 Å². The molecule has 0 bridgehead atoms. The van der Waals surface area contributed by atoms with Crippen molar-refractivity contribution in [2.45, 2.75) is 5.51 Å². The molecule has 0 N–H and O–H groups in total. The van der Waals surface area contributed by atoms with Gasteiger partial charge in [0.05, 0.1) is 12.0 Å². The number of methoxy groups -OCH3 is 1. The van der Waals surface area contributed by atoms with Gasteiger partial charge >= 0.3 is 15.6 Å². The van der Waals surface area contributed by atoms with Crippen LogP contribution in [0.5, 0.6) is 23.0 Å². The van der Waals surface area contributed by atoms with Crippen molar-refractivity contribution in [3.05, 3.63) is 71.8 Å². The minimum Gasteiger partial charge on any atom is -0.497 e. The van der Waals surface area contributed by atoms with E-state index in [0.717, 1.165) is 32.7 Å². The topological polar surface area (TPSA) is 61.8 Å². The Morgan fingerprint density at radius 1 is 0.879 bits per heavy atom. The molecule has 1 aromatic heterocycles. The first-order chi connectivity index (χ1) is 15.6. The Kier molecular flexibility index (Phi) is 6.17. The molecule has 0 aliphatic rings. The maximum Gasteiger partial charge on any atom is 0.534 e. The number of halogens is 4. The van der Waals surface area contributed by atoms with Crippen LogP contribution in [0.4, 0.5) is 13.2 Å². The molecule has 1 heterocycles. The summed E-state index contributed by atoms with van der Waals surface area (Å²) in [7, 11) is -4.19. The molecular weight excluding hydrogens is 501 g/mol. The highest BCUT2D eigenvalue weighted by atomic mass is 35.5. The number of ether oxygens (including phenoxy) is 2. The number of alkyl halides is 3. The van der Waals surface area contributed by atoms with Gasteiger partial charge in [0.1, 0.15) is 17.2 Å². The quantitative estimate of drug-likeness (QED) is 0.200. The normalized spacial score (nSPS) is 12.0. The van der Waals surface area contributed by atoms with Crippen LogP contribution >= 0.6 is 22.9 Å². The fourth-order valence-corrected chi connectivity index (χ4v) is 4.68. The highest BCUT2D eigenvalue weighted by Gasteiger charge is 2.48. The van der Waals surface area contributed by atoms with Gasteiger partial charge in [-0.3, -0.25) is 0 Å². The van der Waals surface area contributed by atoms with Crippen LogP contribution < -0.4 is 13.7 Å². The lowest BCUT2D eigenvalue weighted by Crippen LogP contribution is -2.27. The monoisotopic (exact) mass is 514 g/mol. The zero-order valence-corrected chi connectivity index (χ0v) is 19.1. The first-order valence-electron chi connectivity index (χ1n) is 9.22. The zero-order chi connectivity index (χ0) is 23.8. The number of fused-ring (bicyclic) bond motifs is 1. The Hall–Kier alpha value is -2.95. The van der Waals surface area contributed by atoms with Crippen LogP contribution in [0.25, 0.3) is 20.5 Å². The molecule has 4 rings (SSSR count). The maximum atomic E-state index is 12.5. The number of thiophene rings is 1. The summed E-state index contributed by atoms with van der Waals surface area (Å²) in [6.45, 7) is 0. The summed E-state index contributed by atoms with van der Waals surface area (Å²) in [4.78, 5) is 0.801. The standard InChI is InChI=1S/C22H14ClF3O5S2/c1-29-17-10-11-18-19(12-17)32-21(13-2-4-14(23)5-3-13)20(18)30-15-6-8-16(9-7-15)31-33(27,28)22(24,25)26/h2-12H,1H3. The molecule has 33 heavy (non-hydrogen) atoms. The van der Waals surface area contributed by atoms with Crippen LogP contribution in [0.2, 0.25) is 5.02 Å². The molecule has 0 aliphatic carbocycles. The average Bonchev–Trinajstić information content (AvgIpc) is 3.12. The molecule has 0 unspecified atom stereocenters. The highest BCUT2D eigenvalue weighted by molar-refractivity contribution is 7.88. The van der Waals surface area contributed by atoms with Crippen molar-refractivity contribution in [2.75, 3.05) is 7.11 Å². The summed E-state index contributed by atoms with van der Waals surface area (Å²) >= 11 is 7.47. The van der Waals surface area contributed by atoms with E-state index in [1.165, 1.54) is 23.5 Å². The fraction of sp³-hybridized carbons (Fsp3) is 0.0909. The third-order valence-electron chi connectivity index (χ3n) is 4.49. The SMILES string of the molecule is COc1ccc2c(Oc3ccc(OS(=O)(=O)C(F)(F)F)cc3)c(-c3ccc(Cl)cc3)sc2c1. The van der Waals surface area contributed by atoms with Gasteiger partial charge in [-0.15, -0.1) is 11.3 Å². The van der Waals surface area contributed by atoms with Gasteiger partial charge in [0.25, 0.3) is 0 Å². The Morgan fingerprint density at radius 3 is 2.09 bits per heavy atom. The van der Waals surface area contributed by atoms with Crippen molar-refractivity contribution in [2.24, 2.45) is 0 Å². The predicted octanol–water partition coefficient (Wildman–Crippen LogP) is 7.25. The van der Waals surface area contributed by atoms with Crippen molar-refractivity contribution in [3.8, 4) is 33.4 Å². The molecule has 4 aromatic rings. The second kappa shape index (κ2) is 8.77. The van der Waals surface area contributed by atoms with Gasteiger partial charge < -0.3 is 13.7 Å². The van der Waals surface area contributed by atoms with Crippen molar-refractivity contribution >= 4 is 43.1 Å². The van der Waals surface area contributed by atoms with Gasteiger partial charge in [0, 0.05) is 15.1 Å². The van der Waals surface area contributed by atoms with E-state index in [9.17, 15) is 21.6 Å². The number of rotatable bonds is 6. The fourth-order valence-electron chi connectivity index (χ4n) is 2.93. The minimum atomic E-state index is -5.76. The Morgan fingerprint density at radius 2 is 1.48 bits per heavy atom. The second-order valence-corrected chi connectivity index (χ2v) is 9.71. The van der Waals surface area contributed by atoms with Crippen molar-refractivity contribution in [3.63, 3.8) is 0 Å². The Labute approximate surface area is 196 Å². The molecule has 0 amide bonds. The highest BCUT2D eigenvalue weighted by Crippen LogP contribution is 2.47. The van der Waals surface area contributed by atoms with Gasteiger partial charge in [-0.1, -0.05) is 23.7 Å². The minimum absolute atomic E-state index is 0.275. The second-order valence-electron chi connectivity index (χ2n) is 6.69. The molecular formula is C22H14ClF3O5S2. The van der Waals surface area contributed by atoms with Gasteiger partial charge in [0.15, 0.2) is 5.75 Å². The average molecular weight is 515 g/mol. The van der Waals surface area contributed by atoms with Gasteiger partial charge in [0.2, 0.25) is 0 Å². The lowest BCUT2D eigenvalue weighted by Gasteiger charge is -2.11. The van der Waals surface area contributed by atoms with Gasteiger partial charge in [-0.25, -0.2) is 0 Å². The molecule has 0 saturated heterocycles. The third-order valence-corrected chi connectivity index (χ3v) is 6.90. The van der Waals surface area contributed by atoms with Crippen LogP contribution in [-0.4, -0.2) is 21.0 Å². The summed E-state index contributed by atoms with van der Waals surface area (Å²) in [6.07, 6.45) is 0. The van der Waals surface area contributed by atoms with Crippen LogP contribution in [-0.2, 0) is 10.1 Å². The molecule has 0 saturated carbocycles. The first kappa shape index (κ1) is 23.2. The summed E-state index contributed by atoms with van der Waals surface area (Å²) in [5.74, 6) is 0.983. The molecule has 0 radical (unpaired) electrons. The van der Waals surface area contributed by atoms with E-state index in [-0.39, 0.29) is 5.75 Å². The molecule has 5 nitrogen and oxygen atoms in total. The van der Waals surface area contributed by atoms with Crippen LogP contribution in [0.1, 0.15) is 0 Å². The molecule has 0 spiro atoms. The van der Waals surface area contributed by atoms with Gasteiger partial charge in [-0.05, 0) is 60.2 Å². The van der Waals surface area contributed by atoms with Crippen LogP contribution in [0.15, 0.2) is 66.7 Å². The number of hydrogen-bond donors (Lipinski definition) is 0. The first-order valence-corrected chi connectivity index (χ1v) is 11.8. The lowest BCUT2D eigenvalue weighted by atomic mass is 10.1. The third kappa shape index (κ3) is 4.87. The zero-order valence-electron chi connectivity index (χ0n) is 16.7. The summed E-state index contributed by atoms with van der Waals surface area (Å²) in [6, 6.07) is 17.5. The summed E-state index contributed by atoms with van der Waals surface area (Å²) in [5, 5.41) is 1.37. The van der Waals surface area contributed by atoms with E-state index in [2.05, 4.69) is 4.18 Å². The predicted molar refractivity (Wildman–Crippen MR) is 121 cm³/mol. The molecule has 172 valence electrons. The molecule has 0 atom stereocenters. The van der Waals surface area contributed by atoms with E-state index in [1.807, 2.05) is 24.3 Å². The van der Waals surface area contributed by atoms with E-state index < -0.39 is 21.4 Å². The molecule has 3 aromatic carbocycles.